The number of carbonyl (C=O) groups is 1. The second kappa shape index (κ2) is 8.84. The normalized spacial score (nSPS) is 14.9. The summed E-state index contributed by atoms with van der Waals surface area (Å²) in [6, 6.07) is 12.0. The van der Waals surface area contributed by atoms with Crippen LogP contribution in [0.1, 0.15) is 36.9 Å². The molecule has 2 aromatic carbocycles. The molecule has 7 nitrogen and oxygen atoms in total. The maximum absolute atomic E-state index is 12.3. The average molecular weight is 419 g/mol. The number of aryl methyl sites for hydroxylation is 1. The minimum absolute atomic E-state index is 0.0487. The third-order valence-corrected chi connectivity index (χ3v) is 6.23. The van der Waals surface area contributed by atoms with Gasteiger partial charge in [0.05, 0.1) is 18.0 Å². The largest absolute Gasteiger partial charge is 0.497 e. The number of ether oxygens (including phenoxy) is 2. The number of benzene rings is 2. The first-order valence-corrected chi connectivity index (χ1v) is 11.0. The van der Waals surface area contributed by atoms with Crippen LogP contribution in [0.4, 0.5) is 0 Å². The molecular weight excluding hydrogens is 392 g/mol. The highest BCUT2D eigenvalue weighted by Crippen LogP contribution is 2.25. The molecule has 3 rings (SSSR count). The van der Waals surface area contributed by atoms with E-state index < -0.39 is 10.0 Å². The van der Waals surface area contributed by atoms with E-state index in [4.69, 9.17) is 9.47 Å². The summed E-state index contributed by atoms with van der Waals surface area (Å²) in [4.78, 5) is 12.4. The molecule has 2 aromatic rings. The number of amides is 1. The lowest BCUT2D eigenvalue weighted by molar-refractivity contribution is -0.123. The number of hydrogen-bond acceptors (Lipinski definition) is 5. The Balaban J connectivity index is 1.55. The fourth-order valence-corrected chi connectivity index (χ4v) is 4.23. The van der Waals surface area contributed by atoms with Crippen LogP contribution in [-0.2, 0) is 14.8 Å². The molecule has 0 spiro atoms. The quantitative estimate of drug-likeness (QED) is 0.653. The second-order valence-corrected chi connectivity index (χ2v) is 8.89. The van der Waals surface area contributed by atoms with Gasteiger partial charge in [-0.15, -0.1) is 0 Å². The van der Waals surface area contributed by atoms with Gasteiger partial charge in [-0.2, -0.15) is 0 Å². The minimum atomic E-state index is -3.51. The van der Waals surface area contributed by atoms with E-state index >= 15 is 0 Å². The van der Waals surface area contributed by atoms with Crippen LogP contribution in [0.5, 0.6) is 11.5 Å². The Bertz CT molecular complexity index is 969. The molecular formula is C21H26N2O5S. The van der Waals surface area contributed by atoms with Crippen molar-refractivity contribution in [1.29, 1.82) is 0 Å². The molecule has 1 atom stereocenters. The van der Waals surface area contributed by atoms with Crippen LogP contribution in [-0.4, -0.2) is 34.1 Å². The molecule has 29 heavy (non-hydrogen) atoms. The van der Waals surface area contributed by atoms with E-state index in [0.29, 0.717) is 11.3 Å². The van der Waals surface area contributed by atoms with Gasteiger partial charge < -0.3 is 14.8 Å². The Morgan fingerprint density at radius 1 is 1.17 bits per heavy atom. The van der Waals surface area contributed by atoms with Crippen LogP contribution in [0.15, 0.2) is 47.4 Å². The molecule has 0 aliphatic heterocycles. The van der Waals surface area contributed by atoms with Gasteiger partial charge in [0.2, 0.25) is 10.0 Å². The van der Waals surface area contributed by atoms with E-state index in [-0.39, 0.29) is 29.5 Å². The van der Waals surface area contributed by atoms with Gasteiger partial charge in [-0.25, -0.2) is 13.1 Å². The summed E-state index contributed by atoms with van der Waals surface area (Å²) in [6.07, 6.45) is 1.76. The van der Waals surface area contributed by atoms with E-state index in [1.807, 2.05) is 31.2 Å². The van der Waals surface area contributed by atoms with Gasteiger partial charge in [-0.05, 0) is 68.1 Å². The van der Waals surface area contributed by atoms with Crippen LogP contribution >= 0.6 is 0 Å². The molecule has 1 fully saturated rings. The van der Waals surface area contributed by atoms with Crippen LogP contribution < -0.4 is 19.5 Å². The Morgan fingerprint density at radius 3 is 2.45 bits per heavy atom. The standard InChI is InChI=1S/C21H26N2O5S/c1-14-12-19(29(25,26)23-17-6-7-17)10-11-20(14)28-13-21(24)22-15(2)16-4-8-18(27-3)9-5-16/h4-5,8-12,15,17,23H,6-7,13H2,1-3H3,(H,22,24)/t15-/m1/s1. The van der Waals surface area contributed by atoms with E-state index in [2.05, 4.69) is 10.0 Å². The van der Waals surface area contributed by atoms with Gasteiger partial charge >= 0.3 is 0 Å². The van der Waals surface area contributed by atoms with Crippen molar-refractivity contribution in [3.8, 4) is 11.5 Å². The molecule has 0 bridgehead atoms. The van der Waals surface area contributed by atoms with Gasteiger partial charge in [0.15, 0.2) is 6.61 Å². The zero-order valence-electron chi connectivity index (χ0n) is 16.8. The van der Waals surface area contributed by atoms with E-state index in [9.17, 15) is 13.2 Å². The third kappa shape index (κ3) is 5.71. The molecule has 1 aliphatic carbocycles. The number of sulfonamides is 1. The van der Waals surface area contributed by atoms with Crippen molar-refractivity contribution < 1.29 is 22.7 Å². The monoisotopic (exact) mass is 418 g/mol. The molecule has 1 amide bonds. The maximum Gasteiger partial charge on any atom is 0.258 e. The molecule has 1 saturated carbocycles. The minimum Gasteiger partial charge on any atom is -0.497 e. The summed E-state index contributed by atoms with van der Waals surface area (Å²) in [5, 5.41) is 2.88. The van der Waals surface area contributed by atoms with Gasteiger partial charge in [0, 0.05) is 6.04 Å². The second-order valence-electron chi connectivity index (χ2n) is 7.17. The molecule has 0 radical (unpaired) electrons. The highest BCUT2D eigenvalue weighted by atomic mass is 32.2. The lowest BCUT2D eigenvalue weighted by Crippen LogP contribution is -2.31. The van der Waals surface area contributed by atoms with E-state index in [1.54, 1.807) is 26.2 Å². The van der Waals surface area contributed by atoms with Crippen LogP contribution in [0.2, 0.25) is 0 Å². The summed E-state index contributed by atoms with van der Waals surface area (Å²) in [5.74, 6) is 0.964. The van der Waals surface area contributed by atoms with Gasteiger partial charge in [0.1, 0.15) is 11.5 Å². The fraction of sp³-hybridized carbons (Fsp3) is 0.381. The van der Waals surface area contributed by atoms with Crippen molar-refractivity contribution in [2.24, 2.45) is 0 Å². The SMILES string of the molecule is COc1ccc([C@@H](C)NC(=O)COc2ccc(S(=O)(=O)NC3CC3)cc2C)cc1. The third-order valence-electron chi connectivity index (χ3n) is 4.71. The van der Waals surface area contributed by atoms with Crippen molar-refractivity contribution in [3.63, 3.8) is 0 Å². The maximum atomic E-state index is 12.3. The number of rotatable bonds is 9. The van der Waals surface area contributed by atoms with Crippen molar-refractivity contribution in [1.82, 2.24) is 10.0 Å². The first-order chi connectivity index (χ1) is 13.8. The Hall–Kier alpha value is -2.58. The zero-order valence-corrected chi connectivity index (χ0v) is 17.6. The van der Waals surface area contributed by atoms with Crippen molar-refractivity contribution in [2.75, 3.05) is 13.7 Å². The lowest BCUT2D eigenvalue weighted by atomic mass is 10.1. The topological polar surface area (TPSA) is 93.7 Å². The highest BCUT2D eigenvalue weighted by molar-refractivity contribution is 7.89. The van der Waals surface area contributed by atoms with Crippen LogP contribution in [0, 0.1) is 6.92 Å². The molecule has 0 aromatic heterocycles. The van der Waals surface area contributed by atoms with Gasteiger partial charge in [-0.1, -0.05) is 12.1 Å². The summed E-state index contributed by atoms with van der Waals surface area (Å²) in [6.45, 7) is 3.48. The fourth-order valence-electron chi connectivity index (χ4n) is 2.84. The number of hydrogen-bond donors (Lipinski definition) is 2. The molecule has 2 N–H and O–H groups in total. The number of nitrogens with one attached hydrogen (secondary N) is 2. The van der Waals surface area contributed by atoms with Gasteiger partial charge in [-0.3, -0.25) is 4.79 Å². The smallest absolute Gasteiger partial charge is 0.258 e. The van der Waals surface area contributed by atoms with Gasteiger partial charge in [0.25, 0.3) is 5.91 Å². The summed E-state index contributed by atoms with van der Waals surface area (Å²) in [5.41, 5.74) is 1.60. The van der Waals surface area contributed by atoms with Crippen molar-refractivity contribution in [3.05, 3.63) is 53.6 Å². The highest BCUT2D eigenvalue weighted by Gasteiger charge is 2.28. The van der Waals surface area contributed by atoms with Crippen LogP contribution in [0.3, 0.4) is 0 Å². The molecule has 0 unspecified atom stereocenters. The molecule has 1 aliphatic rings. The molecule has 156 valence electrons. The van der Waals surface area contributed by atoms with Crippen molar-refractivity contribution >= 4 is 15.9 Å². The van der Waals surface area contributed by atoms with E-state index in [0.717, 1.165) is 24.2 Å². The lowest BCUT2D eigenvalue weighted by Gasteiger charge is -2.16. The predicted octanol–water partition coefficient (Wildman–Crippen LogP) is 2.70. The summed E-state index contributed by atoms with van der Waals surface area (Å²) < 4.78 is 37.9. The predicted molar refractivity (Wildman–Crippen MR) is 110 cm³/mol. The van der Waals surface area contributed by atoms with E-state index in [1.165, 1.54) is 6.07 Å². The van der Waals surface area contributed by atoms with Crippen molar-refractivity contribution in [2.45, 2.75) is 43.7 Å². The Morgan fingerprint density at radius 2 is 1.86 bits per heavy atom. The van der Waals surface area contributed by atoms with Crippen LogP contribution in [0.25, 0.3) is 0 Å². The first kappa shape index (κ1) is 21.1. The zero-order chi connectivity index (χ0) is 21.0. The molecule has 8 heteroatoms. The average Bonchev–Trinajstić information content (AvgIpc) is 3.50. The number of carbonyl (C=O) groups excluding carboxylic acids is 1. The summed E-state index contributed by atoms with van der Waals surface area (Å²) >= 11 is 0. The molecule has 0 saturated heterocycles. The number of methoxy groups -OCH3 is 1. The summed E-state index contributed by atoms with van der Waals surface area (Å²) in [7, 11) is -1.91. The Labute approximate surface area is 171 Å². The Kier molecular flexibility index (Phi) is 6.44. The first-order valence-electron chi connectivity index (χ1n) is 9.47. The molecule has 0 heterocycles.